The van der Waals surface area contributed by atoms with Crippen molar-refractivity contribution < 1.29 is 9.53 Å². The molecule has 6 heteroatoms. The highest BCUT2D eigenvalue weighted by Gasteiger charge is 2.30. The van der Waals surface area contributed by atoms with Gasteiger partial charge in [-0.3, -0.25) is 0 Å². The van der Waals surface area contributed by atoms with Crippen molar-refractivity contribution in [1.29, 1.82) is 0 Å². The van der Waals surface area contributed by atoms with E-state index in [-0.39, 0.29) is 12.0 Å². The number of thiocarbonyl (C=S) groups is 1. The highest BCUT2D eigenvalue weighted by molar-refractivity contribution is 7.80. The highest BCUT2D eigenvalue weighted by atomic mass is 35.5. The molecule has 1 aliphatic heterocycles. The lowest BCUT2D eigenvalue weighted by Crippen LogP contribution is -2.45. The van der Waals surface area contributed by atoms with Crippen molar-refractivity contribution in [1.82, 2.24) is 10.6 Å². The van der Waals surface area contributed by atoms with Crippen molar-refractivity contribution in [3.63, 3.8) is 0 Å². The van der Waals surface area contributed by atoms with E-state index in [1.807, 2.05) is 12.1 Å². The maximum atomic E-state index is 11.9. The smallest absolute Gasteiger partial charge is 0.337 e. The van der Waals surface area contributed by atoms with Crippen LogP contribution in [0.1, 0.15) is 18.5 Å². The highest BCUT2D eigenvalue weighted by Crippen LogP contribution is 2.28. The van der Waals surface area contributed by atoms with Crippen molar-refractivity contribution in [2.24, 2.45) is 0 Å². The molecule has 2 rings (SSSR count). The average Bonchev–Trinajstić information content (AvgIpc) is 2.38. The molecule has 19 heavy (non-hydrogen) atoms. The number of benzene rings is 1. The zero-order chi connectivity index (χ0) is 14.0. The van der Waals surface area contributed by atoms with Gasteiger partial charge in [0.15, 0.2) is 5.11 Å². The fourth-order valence-electron chi connectivity index (χ4n) is 1.98. The molecule has 2 N–H and O–H groups in total. The second kappa shape index (κ2) is 5.59. The number of ether oxygens (including phenoxy) is 1. The van der Waals surface area contributed by atoms with Crippen molar-refractivity contribution in [2.75, 3.05) is 7.11 Å². The van der Waals surface area contributed by atoms with Gasteiger partial charge in [-0.2, -0.15) is 0 Å². The van der Waals surface area contributed by atoms with E-state index in [1.54, 1.807) is 19.1 Å². The number of methoxy groups -OCH3 is 1. The van der Waals surface area contributed by atoms with E-state index in [0.717, 1.165) is 5.56 Å². The second-order valence-electron chi connectivity index (χ2n) is 4.11. The van der Waals surface area contributed by atoms with E-state index < -0.39 is 0 Å². The molecule has 1 unspecified atom stereocenters. The fraction of sp³-hybridized carbons (Fsp3) is 0.231. The summed E-state index contributed by atoms with van der Waals surface area (Å²) in [6.45, 7) is 1.79. The first-order chi connectivity index (χ1) is 9.02. The molecule has 1 aromatic rings. The summed E-state index contributed by atoms with van der Waals surface area (Å²) in [6.07, 6.45) is 0. The molecule has 0 saturated carbocycles. The van der Waals surface area contributed by atoms with Crippen LogP contribution in [0.15, 0.2) is 35.5 Å². The molecule has 0 amide bonds. The molecule has 1 heterocycles. The van der Waals surface area contributed by atoms with Gasteiger partial charge in [-0.15, -0.1) is 0 Å². The van der Waals surface area contributed by atoms with Crippen LogP contribution in [-0.4, -0.2) is 18.2 Å². The summed E-state index contributed by atoms with van der Waals surface area (Å²) >= 11 is 11.0. The Morgan fingerprint density at radius 3 is 2.58 bits per heavy atom. The number of allylic oxidation sites excluding steroid dienone is 1. The van der Waals surface area contributed by atoms with Crippen LogP contribution in [0.5, 0.6) is 0 Å². The van der Waals surface area contributed by atoms with Gasteiger partial charge >= 0.3 is 5.97 Å². The van der Waals surface area contributed by atoms with Gasteiger partial charge in [0.2, 0.25) is 0 Å². The standard InChI is InChI=1S/C13H13ClN2O2S/c1-7-10(12(17)18-2)11(16-13(19)15-7)8-3-5-9(14)6-4-8/h3-6,11H,1-2H3,(H2,15,16,19). The van der Waals surface area contributed by atoms with Crippen LogP contribution < -0.4 is 10.6 Å². The van der Waals surface area contributed by atoms with Gasteiger partial charge in [0.05, 0.1) is 18.7 Å². The number of hydrogen-bond acceptors (Lipinski definition) is 3. The summed E-state index contributed by atoms with van der Waals surface area (Å²) < 4.78 is 4.82. The summed E-state index contributed by atoms with van der Waals surface area (Å²) in [5, 5.41) is 7.11. The van der Waals surface area contributed by atoms with Crippen LogP contribution in [0.3, 0.4) is 0 Å². The Kier molecular flexibility index (Phi) is 4.07. The Hall–Kier alpha value is -1.59. The Morgan fingerprint density at radius 1 is 1.37 bits per heavy atom. The minimum absolute atomic E-state index is 0.335. The molecule has 0 spiro atoms. The Morgan fingerprint density at radius 2 is 2.00 bits per heavy atom. The second-order valence-corrected chi connectivity index (χ2v) is 4.96. The zero-order valence-corrected chi connectivity index (χ0v) is 12.1. The van der Waals surface area contributed by atoms with E-state index in [4.69, 9.17) is 28.6 Å². The predicted molar refractivity (Wildman–Crippen MR) is 77.8 cm³/mol. The largest absolute Gasteiger partial charge is 0.466 e. The lowest BCUT2D eigenvalue weighted by molar-refractivity contribution is -0.136. The molecular formula is C13H13ClN2O2S. The minimum Gasteiger partial charge on any atom is -0.466 e. The summed E-state index contributed by atoms with van der Waals surface area (Å²) in [5.74, 6) is -0.389. The number of rotatable bonds is 2. The van der Waals surface area contributed by atoms with E-state index in [9.17, 15) is 4.79 Å². The third-order valence-corrected chi connectivity index (χ3v) is 3.35. The van der Waals surface area contributed by atoms with Crippen molar-refractivity contribution in [3.8, 4) is 0 Å². The van der Waals surface area contributed by atoms with Crippen LogP contribution in [0.2, 0.25) is 5.02 Å². The van der Waals surface area contributed by atoms with E-state index >= 15 is 0 Å². The molecule has 0 radical (unpaired) electrons. The monoisotopic (exact) mass is 296 g/mol. The Bertz CT molecular complexity index is 554. The normalized spacial score (nSPS) is 18.7. The van der Waals surface area contributed by atoms with Gasteiger partial charge in [-0.05, 0) is 36.8 Å². The van der Waals surface area contributed by atoms with Gasteiger partial charge in [0.25, 0.3) is 0 Å². The molecular weight excluding hydrogens is 284 g/mol. The van der Waals surface area contributed by atoms with E-state index in [2.05, 4.69) is 10.6 Å². The van der Waals surface area contributed by atoms with Crippen LogP contribution in [0.25, 0.3) is 0 Å². The third-order valence-electron chi connectivity index (χ3n) is 2.88. The molecule has 1 atom stereocenters. The van der Waals surface area contributed by atoms with Crippen LogP contribution in [-0.2, 0) is 9.53 Å². The Labute approximate surface area is 121 Å². The number of halogens is 1. The summed E-state index contributed by atoms with van der Waals surface area (Å²) in [4.78, 5) is 11.9. The summed E-state index contributed by atoms with van der Waals surface area (Å²) in [6, 6.07) is 6.91. The van der Waals surface area contributed by atoms with E-state index in [1.165, 1.54) is 7.11 Å². The van der Waals surface area contributed by atoms with Gasteiger partial charge in [-0.1, -0.05) is 23.7 Å². The molecule has 1 aromatic carbocycles. The van der Waals surface area contributed by atoms with Crippen LogP contribution in [0, 0.1) is 0 Å². The molecule has 0 aliphatic carbocycles. The zero-order valence-electron chi connectivity index (χ0n) is 10.5. The van der Waals surface area contributed by atoms with Crippen molar-refractivity contribution in [3.05, 3.63) is 46.1 Å². The van der Waals surface area contributed by atoms with Crippen LogP contribution >= 0.6 is 23.8 Å². The minimum atomic E-state index is -0.389. The van der Waals surface area contributed by atoms with Gasteiger partial charge in [0, 0.05) is 10.7 Å². The SMILES string of the molecule is COC(=O)C1=C(C)NC(=S)NC1c1ccc(Cl)cc1. The lowest BCUT2D eigenvalue weighted by Gasteiger charge is -2.29. The molecule has 100 valence electrons. The lowest BCUT2D eigenvalue weighted by atomic mass is 9.96. The number of esters is 1. The summed E-state index contributed by atoms with van der Waals surface area (Å²) in [7, 11) is 1.36. The summed E-state index contributed by atoms with van der Waals surface area (Å²) in [5.41, 5.74) is 2.10. The topological polar surface area (TPSA) is 50.4 Å². The van der Waals surface area contributed by atoms with Gasteiger partial charge < -0.3 is 15.4 Å². The maximum Gasteiger partial charge on any atom is 0.337 e. The average molecular weight is 297 g/mol. The number of nitrogens with one attached hydrogen (secondary N) is 2. The first kappa shape index (κ1) is 13.8. The molecule has 0 bridgehead atoms. The molecule has 0 fully saturated rings. The van der Waals surface area contributed by atoms with E-state index in [0.29, 0.717) is 21.4 Å². The molecule has 0 saturated heterocycles. The molecule has 1 aliphatic rings. The maximum absolute atomic E-state index is 11.9. The third kappa shape index (κ3) is 2.88. The van der Waals surface area contributed by atoms with Crippen molar-refractivity contribution in [2.45, 2.75) is 13.0 Å². The first-order valence-electron chi connectivity index (χ1n) is 5.65. The number of carbonyl (C=O) groups excluding carboxylic acids is 1. The number of carbonyl (C=O) groups is 1. The number of hydrogen-bond donors (Lipinski definition) is 2. The molecule has 0 aromatic heterocycles. The first-order valence-corrected chi connectivity index (χ1v) is 6.43. The van der Waals surface area contributed by atoms with Crippen LogP contribution in [0.4, 0.5) is 0 Å². The Balaban J connectivity index is 2.46. The predicted octanol–water partition coefficient (Wildman–Crippen LogP) is 2.31. The van der Waals surface area contributed by atoms with Gasteiger partial charge in [0.1, 0.15) is 0 Å². The van der Waals surface area contributed by atoms with Crippen molar-refractivity contribution >= 4 is 34.9 Å². The van der Waals surface area contributed by atoms with Gasteiger partial charge in [-0.25, -0.2) is 4.79 Å². The molecule has 4 nitrogen and oxygen atoms in total. The quantitative estimate of drug-likeness (QED) is 0.648. The fourth-order valence-corrected chi connectivity index (χ4v) is 2.38.